The lowest BCUT2D eigenvalue weighted by Crippen LogP contribution is -2.29. The zero-order chi connectivity index (χ0) is 21.3. The standard InChI is InChI=1S/C27H44O3/c1-5-7-9-12-22(28-3)14-15-23-24-17-20-11-10-13-26(29-4)25(20)18-21(24)19-27(23)30-16-8-6-2/h10-11,13,21-24,27H,5-9,12,14-19H2,1-4H3/t21-,22-,23+,24-,27+/m1/s1. The fourth-order valence-electron chi connectivity index (χ4n) is 5.92. The quantitative estimate of drug-likeness (QED) is 0.339. The van der Waals surface area contributed by atoms with Crippen LogP contribution in [0.25, 0.3) is 0 Å². The van der Waals surface area contributed by atoms with Gasteiger partial charge in [-0.05, 0) is 79.9 Å². The molecule has 0 amide bonds. The Balaban J connectivity index is 1.68. The van der Waals surface area contributed by atoms with E-state index in [1.165, 1.54) is 75.3 Å². The topological polar surface area (TPSA) is 27.7 Å². The van der Waals surface area contributed by atoms with Crippen molar-refractivity contribution in [1.82, 2.24) is 0 Å². The van der Waals surface area contributed by atoms with Gasteiger partial charge in [0, 0.05) is 13.7 Å². The van der Waals surface area contributed by atoms with Gasteiger partial charge in [-0.25, -0.2) is 0 Å². The summed E-state index contributed by atoms with van der Waals surface area (Å²) in [6.45, 7) is 5.43. The second kappa shape index (κ2) is 12.1. The fraction of sp³-hybridized carbons (Fsp3) is 0.778. The number of fused-ring (bicyclic) bond motifs is 2. The Kier molecular flexibility index (Phi) is 9.52. The van der Waals surface area contributed by atoms with Gasteiger partial charge in [0.25, 0.3) is 0 Å². The zero-order valence-corrected chi connectivity index (χ0v) is 19.8. The van der Waals surface area contributed by atoms with Gasteiger partial charge < -0.3 is 14.2 Å². The summed E-state index contributed by atoms with van der Waals surface area (Å²) in [6.07, 6.45) is 14.2. The molecule has 0 heterocycles. The molecule has 2 aliphatic rings. The maximum absolute atomic E-state index is 6.50. The SMILES string of the molecule is CCCCC[C@H](CC[C@H]1[C@@H]2Cc3cccc(OC)c3C[C@@H]2C[C@@H]1OCCCC)OC. The van der Waals surface area contributed by atoms with Crippen molar-refractivity contribution in [3.05, 3.63) is 29.3 Å². The molecule has 0 spiro atoms. The van der Waals surface area contributed by atoms with E-state index in [9.17, 15) is 0 Å². The molecule has 3 heteroatoms. The molecule has 0 radical (unpaired) electrons. The van der Waals surface area contributed by atoms with Gasteiger partial charge in [0.05, 0.1) is 19.3 Å². The smallest absolute Gasteiger partial charge is 0.122 e. The normalized spacial score (nSPS) is 26.3. The summed E-state index contributed by atoms with van der Waals surface area (Å²) in [4.78, 5) is 0. The second-order valence-corrected chi connectivity index (χ2v) is 9.52. The summed E-state index contributed by atoms with van der Waals surface area (Å²) in [6, 6.07) is 6.60. The maximum Gasteiger partial charge on any atom is 0.122 e. The highest BCUT2D eigenvalue weighted by Crippen LogP contribution is 2.49. The van der Waals surface area contributed by atoms with Gasteiger partial charge in [-0.2, -0.15) is 0 Å². The Labute approximate surface area is 184 Å². The molecule has 0 aromatic heterocycles. The van der Waals surface area contributed by atoms with Gasteiger partial charge in [-0.1, -0.05) is 51.7 Å². The lowest BCUT2D eigenvalue weighted by atomic mass is 9.73. The van der Waals surface area contributed by atoms with E-state index in [1.54, 1.807) is 7.11 Å². The van der Waals surface area contributed by atoms with Crippen LogP contribution < -0.4 is 4.74 Å². The molecule has 0 bridgehead atoms. The van der Waals surface area contributed by atoms with Crippen molar-refractivity contribution >= 4 is 0 Å². The van der Waals surface area contributed by atoms with Gasteiger partial charge in [0.15, 0.2) is 0 Å². The van der Waals surface area contributed by atoms with E-state index in [4.69, 9.17) is 14.2 Å². The molecule has 0 unspecified atom stereocenters. The second-order valence-electron chi connectivity index (χ2n) is 9.52. The van der Waals surface area contributed by atoms with Gasteiger partial charge >= 0.3 is 0 Å². The van der Waals surface area contributed by atoms with Crippen LogP contribution in [-0.4, -0.2) is 33.0 Å². The summed E-state index contributed by atoms with van der Waals surface area (Å²) in [5, 5.41) is 0. The first-order valence-corrected chi connectivity index (χ1v) is 12.5. The van der Waals surface area contributed by atoms with Crippen molar-refractivity contribution < 1.29 is 14.2 Å². The molecule has 0 aliphatic heterocycles. The minimum atomic E-state index is 0.405. The predicted octanol–water partition coefficient (Wildman–Crippen LogP) is 6.61. The summed E-state index contributed by atoms with van der Waals surface area (Å²) in [5.74, 6) is 3.21. The highest BCUT2D eigenvalue weighted by molar-refractivity contribution is 5.43. The molecule has 5 atom stereocenters. The molecule has 2 aliphatic carbocycles. The van der Waals surface area contributed by atoms with E-state index in [2.05, 4.69) is 32.0 Å². The van der Waals surface area contributed by atoms with Crippen LogP contribution in [0.4, 0.5) is 0 Å². The average Bonchev–Trinajstić information content (AvgIpc) is 3.10. The van der Waals surface area contributed by atoms with Gasteiger partial charge in [-0.3, -0.25) is 0 Å². The van der Waals surface area contributed by atoms with Crippen molar-refractivity contribution in [1.29, 1.82) is 0 Å². The number of benzene rings is 1. The van der Waals surface area contributed by atoms with Crippen LogP contribution in [0.1, 0.15) is 82.8 Å². The molecule has 3 rings (SSSR count). The maximum atomic E-state index is 6.50. The highest BCUT2D eigenvalue weighted by Gasteiger charge is 2.46. The Morgan fingerprint density at radius 3 is 2.57 bits per heavy atom. The van der Waals surface area contributed by atoms with Crippen LogP contribution in [0.3, 0.4) is 0 Å². The minimum absolute atomic E-state index is 0.405. The summed E-state index contributed by atoms with van der Waals surface area (Å²) < 4.78 is 18.0. The molecule has 1 fully saturated rings. The molecule has 0 N–H and O–H groups in total. The first kappa shape index (κ1) is 23.6. The van der Waals surface area contributed by atoms with Crippen molar-refractivity contribution in [3.63, 3.8) is 0 Å². The number of methoxy groups -OCH3 is 2. The third-order valence-electron chi connectivity index (χ3n) is 7.65. The average molecular weight is 417 g/mol. The van der Waals surface area contributed by atoms with Crippen LogP contribution in [-0.2, 0) is 22.3 Å². The van der Waals surface area contributed by atoms with Crippen molar-refractivity contribution in [3.8, 4) is 5.75 Å². The van der Waals surface area contributed by atoms with E-state index >= 15 is 0 Å². The molecular formula is C27H44O3. The highest BCUT2D eigenvalue weighted by atomic mass is 16.5. The molecule has 1 aromatic rings. The van der Waals surface area contributed by atoms with Crippen molar-refractivity contribution in [2.75, 3.05) is 20.8 Å². The third-order valence-corrected chi connectivity index (χ3v) is 7.65. The molecule has 1 saturated carbocycles. The molecule has 3 nitrogen and oxygen atoms in total. The molecule has 170 valence electrons. The van der Waals surface area contributed by atoms with Crippen molar-refractivity contribution in [2.45, 2.75) is 96.7 Å². The van der Waals surface area contributed by atoms with Crippen LogP contribution in [0.15, 0.2) is 18.2 Å². The van der Waals surface area contributed by atoms with Crippen LogP contribution in [0.5, 0.6) is 5.75 Å². The molecular weight excluding hydrogens is 372 g/mol. The summed E-state index contributed by atoms with van der Waals surface area (Å²) >= 11 is 0. The first-order valence-electron chi connectivity index (χ1n) is 12.5. The largest absolute Gasteiger partial charge is 0.496 e. The van der Waals surface area contributed by atoms with Crippen LogP contribution in [0.2, 0.25) is 0 Å². The lowest BCUT2D eigenvalue weighted by molar-refractivity contribution is 0.00720. The Morgan fingerprint density at radius 1 is 1.00 bits per heavy atom. The van der Waals surface area contributed by atoms with Crippen LogP contribution >= 0.6 is 0 Å². The molecule has 0 saturated heterocycles. The lowest BCUT2D eigenvalue weighted by Gasteiger charge is -2.33. The van der Waals surface area contributed by atoms with E-state index in [1.807, 2.05) is 7.11 Å². The van der Waals surface area contributed by atoms with Gasteiger partial charge in [-0.15, -0.1) is 0 Å². The van der Waals surface area contributed by atoms with Gasteiger partial charge in [0.1, 0.15) is 5.75 Å². The number of ether oxygens (including phenoxy) is 3. The van der Waals surface area contributed by atoms with E-state index in [0.717, 1.165) is 30.6 Å². The first-order chi connectivity index (χ1) is 14.7. The van der Waals surface area contributed by atoms with E-state index in [-0.39, 0.29) is 0 Å². The van der Waals surface area contributed by atoms with Crippen LogP contribution in [0, 0.1) is 17.8 Å². The summed E-state index contributed by atoms with van der Waals surface area (Å²) in [7, 11) is 3.70. The number of rotatable bonds is 13. The Morgan fingerprint density at radius 2 is 1.83 bits per heavy atom. The monoisotopic (exact) mass is 416 g/mol. The Bertz CT molecular complexity index is 629. The van der Waals surface area contributed by atoms with E-state index in [0.29, 0.717) is 18.1 Å². The molecule has 30 heavy (non-hydrogen) atoms. The van der Waals surface area contributed by atoms with E-state index < -0.39 is 0 Å². The molecule has 1 aromatic carbocycles. The zero-order valence-electron chi connectivity index (χ0n) is 19.8. The summed E-state index contributed by atoms with van der Waals surface area (Å²) in [5.41, 5.74) is 2.95. The van der Waals surface area contributed by atoms with Crippen molar-refractivity contribution in [2.24, 2.45) is 17.8 Å². The minimum Gasteiger partial charge on any atom is -0.496 e. The predicted molar refractivity (Wildman–Crippen MR) is 124 cm³/mol. The third kappa shape index (κ3) is 5.79. The number of hydrogen-bond donors (Lipinski definition) is 0. The number of unbranched alkanes of at least 4 members (excludes halogenated alkanes) is 3. The number of hydrogen-bond acceptors (Lipinski definition) is 3. The Hall–Kier alpha value is -1.06. The van der Waals surface area contributed by atoms with Gasteiger partial charge in [0.2, 0.25) is 0 Å². The fourth-order valence-corrected chi connectivity index (χ4v) is 5.92.